The number of hydrogen-bond acceptors (Lipinski definition) is 6. The van der Waals surface area contributed by atoms with Crippen LogP contribution in [0.5, 0.6) is 0 Å². The van der Waals surface area contributed by atoms with Crippen molar-refractivity contribution in [2.45, 2.75) is 26.3 Å². The molecule has 4 aromatic rings. The van der Waals surface area contributed by atoms with E-state index < -0.39 is 0 Å². The number of hydrogen-bond donors (Lipinski definition) is 1. The number of imidazole rings is 1. The Bertz CT molecular complexity index is 1100. The number of nitrogens with zero attached hydrogens (tertiary/aromatic N) is 4. The molecule has 0 saturated heterocycles. The van der Waals surface area contributed by atoms with E-state index in [1.54, 1.807) is 40.6 Å². The number of nitrogens with one attached hydrogen (secondary N) is 1. The topological polar surface area (TPSA) is 55.1 Å². The van der Waals surface area contributed by atoms with Gasteiger partial charge < -0.3 is 5.32 Å². The molecule has 4 rings (SSSR count). The standard InChI is InChI=1S/C19H17N5S2/c1-19(2,3)23-18-17(22-16-10-20-8-9-24(16)18)15-7-6-14(26-15)5-4-13-11-25-12-21-13/h6-12,23H,1-3H3. The van der Waals surface area contributed by atoms with Crippen molar-refractivity contribution < 1.29 is 0 Å². The van der Waals surface area contributed by atoms with Crippen LogP contribution in [0.25, 0.3) is 16.2 Å². The van der Waals surface area contributed by atoms with Crippen molar-refractivity contribution >= 4 is 34.1 Å². The molecule has 26 heavy (non-hydrogen) atoms. The summed E-state index contributed by atoms with van der Waals surface area (Å²) in [5.41, 5.74) is 4.24. The molecule has 0 radical (unpaired) electrons. The first-order chi connectivity index (χ1) is 12.5. The average molecular weight is 380 g/mol. The molecule has 7 heteroatoms. The first-order valence-electron chi connectivity index (χ1n) is 8.10. The van der Waals surface area contributed by atoms with E-state index in [0.29, 0.717) is 0 Å². The molecular formula is C19H17N5S2. The SMILES string of the molecule is CC(C)(C)Nc1c(-c2ccc(C#Cc3cscn3)s2)nc2cnccn12. The summed E-state index contributed by atoms with van der Waals surface area (Å²) in [4.78, 5) is 15.2. The highest BCUT2D eigenvalue weighted by atomic mass is 32.1. The maximum Gasteiger partial charge on any atom is 0.157 e. The van der Waals surface area contributed by atoms with Crippen molar-refractivity contribution in [3.05, 3.63) is 52.2 Å². The summed E-state index contributed by atoms with van der Waals surface area (Å²) >= 11 is 3.18. The second kappa shape index (κ2) is 6.56. The Morgan fingerprint density at radius 3 is 2.85 bits per heavy atom. The summed E-state index contributed by atoms with van der Waals surface area (Å²) in [6, 6.07) is 4.10. The second-order valence-electron chi connectivity index (χ2n) is 6.78. The number of thiophene rings is 1. The van der Waals surface area contributed by atoms with Crippen LogP contribution >= 0.6 is 22.7 Å². The van der Waals surface area contributed by atoms with E-state index in [2.05, 4.69) is 54.0 Å². The van der Waals surface area contributed by atoms with Gasteiger partial charge in [0.05, 0.1) is 21.5 Å². The second-order valence-corrected chi connectivity index (χ2v) is 8.58. The van der Waals surface area contributed by atoms with Gasteiger partial charge in [-0.2, -0.15) is 0 Å². The van der Waals surface area contributed by atoms with Crippen molar-refractivity contribution in [3.63, 3.8) is 0 Å². The lowest BCUT2D eigenvalue weighted by atomic mass is 10.1. The molecule has 4 heterocycles. The zero-order valence-electron chi connectivity index (χ0n) is 14.6. The van der Waals surface area contributed by atoms with E-state index in [0.717, 1.165) is 32.6 Å². The predicted molar refractivity (Wildman–Crippen MR) is 108 cm³/mol. The third-order valence-electron chi connectivity index (χ3n) is 3.51. The minimum absolute atomic E-state index is 0.0848. The number of fused-ring (bicyclic) bond motifs is 1. The molecule has 0 unspecified atom stereocenters. The molecule has 0 spiro atoms. The summed E-state index contributed by atoms with van der Waals surface area (Å²) in [5, 5.41) is 5.52. The van der Waals surface area contributed by atoms with Crippen LogP contribution in [0.2, 0.25) is 0 Å². The van der Waals surface area contributed by atoms with Crippen LogP contribution < -0.4 is 5.32 Å². The Kier molecular flexibility index (Phi) is 4.23. The first-order valence-corrected chi connectivity index (χ1v) is 9.86. The summed E-state index contributed by atoms with van der Waals surface area (Å²) in [5.74, 6) is 7.25. The summed E-state index contributed by atoms with van der Waals surface area (Å²) in [6.45, 7) is 6.41. The molecule has 0 aliphatic carbocycles. The van der Waals surface area contributed by atoms with Gasteiger partial charge in [-0.15, -0.1) is 22.7 Å². The lowest BCUT2D eigenvalue weighted by Crippen LogP contribution is -2.27. The quantitative estimate of drug-likeness (QED) is 0.520. The monoisotopic (exact) mass is 379 g/mol. The van der Waals surface area contributed by atoms with E-state index in [1.165, 1.54) is 0 Å². The van der Waals surface area contributed by atoms with E-state index in [9.17, 15) is 0 Å². The fourth-order valence-corrected chi connectivity index (χ4v) is 3.82. The molecule has 0 amide bonds. The Hall–Kier alpha value is -2.69. The van der Waals surface area contributed by atoms with E-state index in [4.69, 9.17) is 4.98 Å². The van der Waals surface area contributed by atoms with E-state index >= 15 is 0 Å². The Labute approximate surface area is 159 Å². The zero-order valence-corrected chi connectivity index (χ0v) is 16.3. The van der Waals surface area contributed by atoms with Gasteiger partial charge in [0, 0.05) is 23.3 Å². The van der Waals surface area contributed by atoms with Crippen molar-refractivity contribution in [1.29, 1.82) is 0 Å². The zero-order chi connectivity index (χ0) is 18.1. The number of rotatable bonds is 2. The van der Waals surface area contributed by atoms with Crippen LogP contribution in [-0.2, 0) is 0 Å². The lowest BCUT2D eigenvalue weighted by molar-refractivity contribution is 0.629. The van der Waals surface area contributed by atoms with Gasteiger partial charge in [0.1, 0.15) is 17.2 Å². The number of thiazole rings is 1. The van der Waals surface area contributed by atoms with E-state index in [1.807, 2.05) is 22.0 Å². The molecule has 0 aliphatic rings. The van der Waals surface area contributed by atoms with Gasteiger partial charge in [-0.25, -0.2) is 9.97 Å². The van der Waals surface area contributed by atoms with Gasteiger partial charge in [0.15, 0.2) is 5.65 Å². The Morgan fingerprint density at radius 2 is 2.08 bits per heavy atom. The van der Waals surface area contributed by atoms with Crippen LogP contribution in [0.15, 0.2) is 41.6 Å². The normalized spacial score (nSPS) is 11.3. The molecule has 4 aromatic heterocycles. The molecule has 130 valence electrons. The summed E-state index contributed by atoms with van der Waals surface area (Å²) in [6.07, 6.45) is 5.47. The van der Waals surface area contributed by atoms with Crippen LogP contribution in [0.4, 0.5) is 5.82 Å². The van der Waals surface area contributed by atoms with Crippen LogP contribution in [-0.4, -0.2) is 24.9 Å². The van der Waals surface area contributed by atoms with Crippen molar-refractivity contribution in [2.75, 3.05) is 5.32 Å². The maximum atomic E-state index is 4.78. The van der Waals surface area contributed by atoms with Gasteiger partial charge in [-0.05, 0) is 44.7 Å². The largest absolute Gasteiger partial charge is 0.365 e. The van der Waals surface area contributed by atoms with Crippen molar-refractivity contribution in [2.24, 2.45) is 0 Å². The third-order valence-corrected chi connectivity index (χ3v) is 5.10. The lowest BCUT2D eigenvalue weighted by Gasteiger charge is -2.22. The van der Waals surface area contributed by atoms with Crippen molar-refractivity contribution in [1.82, 2.24) is 19.4 Å². The molecule has 1 N–H and O–H groups in total. The van der Waals surface area contributed by atoms with Gasteiger partial charge in [0.25, 0.3) is 0 Å². The molecule has 5 nitrogen and oxygen atoms in total. The molecule has 0 aromatic carbocycles. The van der Waals surface area contributed by atoms with Gasteiger partial charge >= 0.3 is 0 Å². The molecule has 0 atom stereocenters. The van der Waals surface area contributed by atoms with Gasteiger partial charge in [-0.1, -0.05) is 0 Å². The maximum absolute atomic E-state index is 4.78. The van der Waals surface area contributed by atoms with Crippen LogP contribution in [0.3, 0.4) is 0 Å². The van der Waals surface area contributed by atoms with Crippen molar-refractivity contribution in [3.8, 4) is 22.4 Å². The number of aromatic nitrogens is 4. The highest BCUT2D eigenvalue weighted by Gasteiger charge is 2.20. The number of anilines is 1. The Balaban J connectivity index is 1.76. The minimum atomic E-state index is -0.0848. The third kappa shape index (κ3) is 3.47. The minimum Gasteiger partial charge on any atom is -0.365 e. The highest BCUT2D eigenvalue weighted by Crippen LogP contribution is 2.34. The van der Waals surface area contributed by atoms with Gasteiger partial charge in [-0.3, -0.25) is 9.38 Å². The summed E-state index contributed by atoms with van der Waals surface area (Å²) < 4.78 is 2.04. The van der Waals surface area contributed by atoms with Gasteiger partial charge in [0.2, 0.25) is 0 Å². The van der Waals surface area contributed by atoms with Crippen LogP contribution in [0, 0.1) is 11.8 Å². The molecule has 0 aliphatic heterocycles. The smallest absolute Gasteiger partial charge is 0.157 e. The fourth-order valence-electron chi connectivity index (χ4n) is 2.49. The average Bonchev–Trinajstić information content (AvgIpc) is 3.32. The molecular weight excluding hydrogens is 362 g/mol. The fraction of sp³-hybridized carbons (Fsp3) is 0.211. The predicted octanol–water partition coefficient (Wildman–Crippen LogP) is 4.52. The highest BCUT2D eigenvalue weighted by molar-refractivity contribution is 7.16. The Morgan fingerprint density at radius 1 is 1.19 bits per heavy atom. The van der Waals surface area contributed by atoms with Crippen LogP contribution in [0.1, 0.15) is 31.3 Å². The van der Waals surface area contributed by atoms with E-state index in [-0.39, 0.29) is 5.54 Å². The molecule has 0 saturated carbocycles. The summed E-state index contributed by atoms with van der Waals surface area (Å²) in [7, 11) is 0. The molecule has 0 fully saturated rings. The first kappa shape index (κ1) is 16.8. The molecule has 0 bridgehead atoms.